The van der Waals surface area contributed by atoms with E-state index in [-0.39, 0.29) is 5.70 Å². The number of anilines is 1. The minimum Gasteiger partial charge on any atom is -0.468 e. The Bertz CT molecular complexity index is 689. The van der Waals surface area contributed by atoms with Crippen LogP contribution in [-0.2, 0) is 19.1 Å². The fraction of sp³-hybridized carbons (Fsp3) is 0.400. The average molecular weight is 335 g/mol. The van der Waals surface area contributed by atoms with E-state index >= 15 is 0 Å². The lowest BCUT2D eigenvalue weighted by atomic mass is 10.3. The van der Waals surface area contributed by atoms with Gasteiger partial charge in [-0.05, 0) is 6.07 Å². The van der Waals surface area contributed by atoms with Gasteiger partial charge in [0.15, 0.2) is 5.88 Å². The number of ether oxygens (including phenoxy) is 2. The zero-order valence-electron chi connectivity index (χ0n) is 13.1. The lowest BCUT2D eigenvalue weighted by Gasteiger charge is -2.26. The fourth-order valence-corrected chi connectivity index (χ4v) is 2.42. The van der Waals surface area contributed by atoms with Gasteiger partial charge in [-0.15, -0.1) is 0 Å². The first-order valence-electron chi connectivity index (χ1n) is 7.42. The standard InChI is InChI=1S/C15H17N3O6/c1-22-13(19)9-18-14(20)11(16-15(18)21)8-10-2-3-12(24-10)17-4-6-23-7-5-17/h2-3,8H,4-7,9H2,1H3,(H,16,21)/b11-8+. The van der Waals surface area contributed by atoms with Gasteiger partial charge in [0.05, 0.1) is 20.3 Å². The summed E-state index contributed by atoms with van der Waals surface area (Å²) >= 11 is 0. The van der Waals surface area contributed by atoms with Gasteiger partial charge in [-0.3, -0.25) is 9.59 Å². The number of amides is 3. The molecule has 24 heavy (non-hydrogen) atoms. The summed E-state index contributed by atoms with van der Waals surface area (Å²) < 4.78 is 15.4. The molecule has 128 valence electrons. The maximum absolute atomic E-state index is 12.2. The van der Waals surface area contributed by atoms with Crippen LogP contribution in [0.4, 0.5) is 10.7 Å². The lowest BCUT2D eigenvalue weighted by molar-refractivity contribution is -0.143. The molecule has 0 unspecified atom stereocenters. The number of imide groups is 1. The lowest BCUT2D eigenvalue weighted by Crippen LogP contribution is -2.36. The van der Waals surface area contributed by atoms with Crippen molar-refractivity contribution >= 4 is 29.9 Å². The van der Waals surface area contributed by atoms with E-state index in [2.05, 4.69) is 10.1 Å². The van der Waals surface area contributed by atoms with Crippen LogP contribution in [0.3, 0.4) is 0 Å². The van der Waals surface area contributed by atoms with E-state index in [0.29, 0.717) is 24.9 Å². The van der Waals surface area contributed by atoms with Crippen molar-refractivity contribution in [3.8, 4) is 0 Å². The van der Waals surface area contributed by atoms with Gasteiger partial charge >= 0.3 is 12.0 Å². The number of carbonyl (C=O) groups is 3. The van der Waals surface area contributed by atoms with Crippen molar-refractivity contribution in [3.63, 3.8) is 0 Å². The van der Waals surface area contributed by atoms with Crippen molar-refractivity contribution in [3.05, 3.63) is 23.6 Å². The van der Waals surface area contributed by atoms with E-state index in [4.69, 9.17) is 9.15 Å². The van der Waals surface area contributed by atoms with Crippen molar-refractivity contribution in [2.45, 2.75) is 0 Å². The van der Waals surface area contributed by atoms with Gasteiger partial charge in [0.2, 0.25) is 0 Å². The Hall–Kier alpha value is -2.81. The predicted molar refractivity (Wildman–Crippen MR) is 82.0 cm³/mol. The number of furan rings is 1. The third-order valence-corrected chi connectivity index (χ3v) is 3.70. The maximum atomic E-state index is 12.2. The van der Waals surface area contributed by atoms with Crippen LogP contribution in [-0.4, -0.2) is 62.8 Å². The van der Waals surface area contributed by atoms with Crippen molar-refractivity contribution in [1.29, 1.82) is 0 Å². The second-order valence-corrected chi connectivity index (χ2v) is 5.23. The van der Waals surface area contributed by atoms with Gasteiger partial charge in [-0.2, -0.15) is 0 Å². The fourth-order valence-electron chi connectivity index (χ4n) is 2.42. The molecule has 9 heteroatoms. The molecule has 3 heterocycles. The van der Waals surface area contributed by atoms with Gasteiger partial charge in [0.1, 0.15) is 18.0 Å². The number of carbonyl (C=O) groups excluding carboxylic acids is 3. The number of rotatable bonds is 4. The molecule has 0 aromatic carbocycles. The molecule has 1 aromatic rings. The normalized spacial score (nSPS) is 19.8. The largest absolute Gasteiger partial charge is 0.468 e. The summed E-state index contributed by atoms with van der Waals surface area (Å²) in [4.78, 5) is 38.0. The molecule has 0 aliphatic carbocycles. The minimum atomic E-state index is -0.674. The molecule has 3 amide bonds. The molecular formula is C15H17N3O6. The summed E-state index contributed by atoms with van der Waals surface area (Å²) in [6, 6.07) is 2.84. The number of methoxy groups -OCH3 is 1. The number of urea groups is 1. The maximum Gasteiger partial charge on any atom is 0.329 e. The number of nitrogens with one attached hydrogen (secondary N) is 1. The monoisotopic (exact) mass is 335 g/mol. The van der Waals surface area contributed by atoms with Gasteiger partial charge in [0.25, 0.3) is 5.91 Å². The quantitative estimate of drug-likeness (QED) is 0.476. The molecule has 3 rings (SSSR count). The summed E-state index contributed by atoms with van der Waals surface area (Å²) in [7, 11) is 1.19. The highest BCUT2D eigenvalue weighted by molar-refractivity contribution is 6.15. The van der Waals surface area contributed by atoms with Gasteiger partial charge in [-0.25, -0.2) is 9.69 Å². The summed E-state index contributed by atoms with van der Waals surface area (Å²) in [5.74, 6) is -0.171. The van der Waals surface area contributed by atoms with Crippen LogP contribution in [0.1, 0.15) is 5.76 Å². The summed E-state index contributed by atoms with van der Waals surface area (Å²) in [6.07, 6.45) is 1.43. The first-order valence-corrected chi connectivity index (χ1v) is 7.42. The Balaban J connectivity index is 1.72. The molecule has 9 nitrogen and oxygen atoms in total. The second kappa shape index (κ2) is 6.75. The van der Waals surface area contributed by atoms with Crippen LogP contribution < -0.4 is 10.2 Å². The van der Waals surface area contributed by atoms with E-state index in [0.717, 1.165) is 18.0 Å². The average Bonchev–Trinajstić information content (AvgIpc) is 3.16. The zero-order chi connectivity index (χ0) is 17.1. The van der Waals surface area contributed by atoms with Crippen LogP contribution >= 0.6 is 0 Å². The van der Waals surface area contributed by atoms with E-state index < -0.39 is 24.5 Å². The van der Waals surface area contributed by atoms with Crippen molar-refractivity contribution in [1.82, 2.24) is 10.2 Å². The molecule has 0 radical (unpaired) electrons. The highest BCUT2D eigenvalue weighted by Crippen LogP contribution is 2.22. The molecule has 2 aliphatic heterocycles. The zero-order valence-corrected chi connectivity index (χ0v) is 13.1. The Morgan fingerprint density at radius 2 is 2.08 bits per heavy atom. The van der Waals surface area contributed by atoms with E-state index in [1.54, 1.807) is 12.1 Å². The van der Waals surface area contributed by atoms with Crippen LogP contribution in [0.15, 0.2) is 22.2 Å². The third kappa shape index (κ3) is 3.25. The van der Waals surface area contributed by atoms with Gasteiger partial charge in [0, 0.05) is 25.2 Å². The van der Waals surface area contributed by atoms with Crippen LogP contribution in [0.2, 0.25) is 0 Å². The highest BCUT2D eigenvalue weighted by atomic mass is 16.5. The molecular weight excluding hydrogens is 318 g/mol. The molecule has 2 aliphatic rings. The van der Waals surface area contributed by atoms with Crippen LogP contribution in [0.5, 0.6) is 0 Å². The first-order chi connectivity index (χ1) is 11.6. The predicted octanol–water partition coefficient (Wildman–Crippen LogP) is 0.182. The molecule has 1 aromatic heterocycles. The van der Waals surface area contributed by atoms with Crippen molar-refractivity contribution in [2.24, 2.45) is 0 Å². The number of nitrogens with zero attached hydrogens (tertiary/aromatic N) is 2. The molecule has 2 fully saturated rings. The van der Waals surface area contributed by atoms with Crippen LogP contribution in [0.25, 0.3) is 6.08 Å². The summed E-state index contributed by atoms with van der Waals surface area (Å²) in [5, 5.41) is 2.42. The number of morpholine rings is 1. The number of esters is 1. The third-order valence-electron chi connectivity index (χ3n) is 3.70. The smallest absolute Gasteiger partial charge is 0.329 e. The second-order valence-electron chi connectivity index (χ2n) is 5.23. The topological polar surface area (TPSA) is 101 Å². The van der Waals surface area contributed by atoms with Gasteiger partial charge < -0.3 is 24.1 Å². The van der Waals surface area contributed by atoms with E-state index in [1.165, 1.54) is 13.2 Å². The van der Waals surface area contributed by atoms with Gasteiger partial charge in [-0.1, -0.05) is 0 Å². The van der Waals surface area contributed by atoms with E-state index in [9.17, 15) is 14.4 Å². The Labute approximate surface area is 137 Å². The molecule has 2 saturated heterocycles. The summed E-state index contributed by atoms with van der Waals surface area (Å²) in [6.45, 7) is 2.29. The Morgan fingerprint density at radius 3 is 2.79 bits per heavy atom. The van der Waals surface area contributed by atoms with Crippen molar-refractivity contribution in [2.75, 3.05) is 44.9 Å². The number of hydrogen-bond donors (Lipinski definition) is 1. The molecule has 1 N–H and O–H groups in total. The number of hydrogen-bond acceptors (Lipinski definition) is 7. The SMILES string of the molecule is COC(=O)CN1C(=O)N/C(=C/c2ccc(N3CCOCC3)o2)C1=O. The highest BCUT2D eigenvalue weighted by Gasteiger charge is 2.35. The summed E-state index contributed by atoms with van der Waals surface area (Å²) in [5.41, 5.74) is 0.0479. The molecule has 0 atom stereocenters. The molecule has 0 saturated carbocycles. The molecule has 0 spiro atoms. The van der Waals surface area contributed by atoms with Crippen LogP contribution in [0, 0.1) is 0 Å². The van der Waals surface area contributed by atoms with E-state index in [1.807, 2.05) is 4.90 Å². The molecule has 0 bridgehead atoms. The Kier molecular flexibility index (Phi) is 4.52. The van der Waals surface area contributed by atoms with Crippen molar-refractivity contribution < 1.29 is 28.3 Å². The minimum absolute atomic E-state index is 0.0479. The first kappa shape index (κ1) is 16.1. The Morgan fingerprint density at radius 1 is 1.33 bits per heavy atom.